The number of aromatic hydroxyl groups is 1. The largest absolute Gasteiger partial charge is 0.507 e. The molecule has 0 fully saturated rings. The molecule has 0 aliphatic carbocycles. The van der Waals surface area contributed by atoms with Crippen LogP contribution >= 0.6 is 15.9 Å². The van der Waals surface area contributed by atoms with Gasteiger partial charge in [-0.15, -0.1) is 0 Å². The van der Waals surface area contributed by atoms with Gasteiger partial charge < -0.3 is 5.11 Å². The van der Waals surface area contributed by atoms with Crippen LogP contribution in [0.3, 0.4) is 0 Å². The molecular formula is C17H18BrNO. The third kappa shape index (κ3) is 2.74. The molecule has 0 atom stereocenters. The summed E-state index contributed by atoms with van der Waals surface area (Å²) in [5.41, 5.74) is 4.78. The van der Waals surface area contributed by atoms with Crippen LogP contribution in [0.15, 0.2) is 40.9 Å². The molecule has 0 saturated heterocycles. The molecular weight excluding hydrogens is 314 g/mol. The summed E-state index contributed by atoms with van der Waals surface area (Å²) in [5, 5.41) is 10.2. The minimum Gasteiger partial charge on any atom is -0.507 e. The van der Waals surface area contributed by atoms with Crippen LogP contribution in [0.5, 0.6) is 5.75 Å². The maximum atomic E-state index is 10.2. The maximum Gasteiger partial charge on any atom is 0.123 e. The molecule has 1 aliphatic rings. The van der Waals surface area contributed by atoms with Crippen molar-refractivity contribution in [3.05, 3.63) is 63.1 Å². The first-order valence-corrected chi connectivity index (χ1v) is 7.70. The van der Waals surface area contributed by atoms with Crippen molar-refractivity contribution in [2.75, 3.05) is 6.54 Å². The van der Waals surface area contributed by atoms with Gasteiger partial charge in [0, 0.05) is 29.7 Å². The van der Waals surface area contributed by atoms with E-state index in [0.29, 0.717) is 5.75 Å². The van der Waals surface area contributed by atoms with Crippen LogP contribution in [0, 0.1) is 6.92 Å². The third-order valence-electron chi connectivity index (χ3n) is 3.95. The zero-order valence-electron chi connectivity index (χ0n) is 11.6. The SMILES string of the molecule is Cc1cc(Br)cc(CN2CCc3ccccc3C2)c1O. The Balaban J connectivity index is 1.80. The van der Waals surface area contributed by atoms with Crippen LogP contribution in [0.4, 0.5) is 0 Å². The summed E-state index contributed by atoms with van der Waals surface area (Å²) in [6, 6.07) is 12.6. The fourth-order valence-electron chi connectivity index (χ4n) is 2.86. The fourth-order valence-corrected chi connectivity index (χ4v) is 3.48. The van der Waals surface area contributed by atoms with E-state index in [1.54, 1.807) is 0 Å². The first-order chi connectivity index (χ1) is 9.63. The highest BCUT2D eigenvalue weighted by atomic mass is 79.9. The molecule has 1 aliphatic heterocycles. The summed E-state index contributed by atoms with van der Waals surface area (Å²) in [7, 11) is 0. The number of hydrogen-bond donors (Lipinski definition) is 1. The maximum absolute atomic E-state index is 10.2. The average Bonchev–Trinajstić information content (AvgIpc) is 2.44. The Bertz CT molecular complexity index is 639. The molecule has 3 heteroatoms. The van der Waals surface area contributed by atoms with Gasteiger partial charge in [-0.05, 0) is 42.2 Å². The molecule has 3 rings (SSSR count). The van der Waals surface area contributed by atoms with E-state index in [0.717, 1.165) is 41.7 Å². The van der Waals surface area contributed by atoms with E-state index < -0.39 is 0 Å². The first-order valence-electron chi connectivity index (χ1n) is 6.90. The molecule has 2 aromatic carbocycles. The monoisotopic (exact) mass is 331 g/mol. The topological polar surface area (TPSA) is 23.5 Å². The first kappa shape index (κ1) is 13.7. The van der Waals surface area contributed by atoms with E-state index in [1.165, 1.54) is 11.1 Å². The number of halogens is 1. The highest BCUT2D eigenvalue weighted by Crippen LogP contribution is 2.29. The normalized spacial score (nSPS) is 15.1. The van der Waals surface area contributed by atoms with Gasteiger partial charge >= 0.3 is 0 Å². The van der Waals surface area contributed by atoms with Crippen molar-refractivity contribution in [3.8, 4) is 5.75 Å². The third-order valence-corrected chi connectivity index (χ3v) is 4.41. The second-order valence-corrected chi connectivity index (χ2v) is 6.38. The lowest BCUT2D eigenvalue weighted by Gasteiger charge is -2.29. The van der Waals surface area contributed by atoms with E-state index in [4.69, 9.17) is 0 Å². The van der Waals surface area contributed by atoms with Crippen LogP contribution < -0.4 is 0 Å². The Morgan fingerprint density at radius 2 is 1.95 bits per heavy atom. The number of benzene rings is 2. The molecule has 2 aromatic rings. The minimum atomic E-state index is 0.423. The summed E-state index contributed by atoms with van der Waals surface area (Å²) in [5.74, 6) is 0.423. The van der Waals surface area contributed by atoms with Crippen molar-refractivity contribution in [1.82, 2.24) is 4.90 Å². The lowest BCUT2D eigenvalue weighted by Crippen LogP contribution is -2.30. The van der Waals surface area contributed by atoms with Gasteiger partial charge in [0.1, 0.15) is 5.75 Å². The smallest absolute Gasteiger partial charge is 0.123 e. The Morgan fingerprint density at radius 1 is 1.20 bits per heavy atom. The number of fused-ring (bicyclic) bond motifs is 1. The van der Waals surface area contributed by atoms with Crippen molar-refractivity contribution in [2.45, 2.75) is 26.4 Å². The Morgan fingerprint density at radius 3 is 2.75 bits per heavy atom. The molecule has 1 N–H and O–H groups in total. The summed E-state index contributed by atoms with van der Waals surface area (Å²) < 4.78 is 1.03. The molecule has 0 bridgehead atoms. The summed E-state index contributed by atoms with van der Waals surface area (Å²) >= 11 is 3.51. The number of hydrogen-bond acceptors (Lipinski definition) is 2. The van der Waals surface area contributed by atoms with Crippen molar-refractivity contribution >= 4 is 15.9 Å². The molecule has 20 heavy (non-hydrogen) atoms. The molecule has 0 spiro atoms. The number of phenols is 1. The van der Waals surface area contributed by atoms with Gasteiger partial charge in [0.2, 0.25) is 0 Å². The zero-order chi connectivity index (χ0) is 14.1. The van der Waals surface area contributed by atoms with E-state index >= 15 is 0 Å². The molecule has 0 amide bonds. The van der Waals surface area contributed by atoms with Gasteiger partial charge in [-0.1, -0.05) is 40.2 Å². The van der Waals surface area contributed by atoms with Crippen LogP contribution in [0.1, 0.15) is 22.3 Å². The van der Waals surface area contributed by atoms with Gasteiger partial charge in [0.15, 0.2) is 0 Å². The van der Waals surface area contributed by atoms with Crippen molar-refractivity contribution in [1.29, 1.82) is 0 Å². The quantitative estimate of drug-likeness (QED) is 0.898. The van der Waals surface area contributed by atoms with Gasteiger partial charge in [-0.3, -0.25) is 4.90 Å². The standard InChI is InChI=1S/C17H18BrNO/c1-12-8-16(18)9-15(17(12)20)11-19-7-6-13-4-2-3-5-14(13)10-19/h2-5,8-9,20H,6-7,10-11H2,1H3. The predicted octanol–water partition coefficient (Wildman–Crippen LogP) is 4.02. The van der Waals surface area contributed by atoms with Gasteiger partial charge in [-0.2, -0.15) is 0 Å². The average molecular weight is 332 g/mol. The number of phenolic OH excluding ortho intramolecular Hbond substituents is 1. The van der Waals surface area contributed by atoms with Crippen molar-refractivity contribution < 1.29 is 5.11 Å². The van der Waals surface area contributed by atoms with E-state index in [1.807, 2.05) is 19.1 Å². The van der Waals surface area contributed by atoms with Crippen LogP contribution in [-0.2, 0) is 19.5 Å². The van der Waals surface area contributed by atoms with Crippen LogP contribution in [0.2, 0.25) is 0 Å². The minimum absolute atomic E-state index is 0.423. The molecule has 0 aromatic heterocycles. The predicted molar refractivity (Wildman–Crippen MR) is 84.8 cm³/mol. The molecule has 2 nitrogen and oxygen atoms in total. The highest BCUT2D eigenvalue weighted by Gasteiger charge is 2.17. The highest BCUT2D eigenvalue weighted by molar-refractivity contribution is 9.10. The second-order valence-electron chi connectivity index (χ2n) is 5.46. The molecule has 1 heterocycles. The van der Waals surface area contributed by atoms with E-state index in [-0.39, 0.29) is 0 Å². The van der Waals surface area contributed by atoms with Gasteiger partial charge in [0.25, 0.3) is 0 Å². The lowest BCUT2D eigenvalue weighted by molar-refractivity contribution is 0.242. The molecule has 104 valence electrons. The number of nitrogens with zero attached hydrogens (tertiary/aromatic N) is 1. The second kappa shape index (κ2) is 5.58. The zero-order valence-corrected chi connectivity index (χ0v) is 13.2. The summed E-state index contributed by atoms with van der Waals surface area (Å²) in [6.45, 7) is 4.73. The van der Waals surface area contributed by atoms with Crippen molar-refractivity contribution in [3.63, 3.8) is 0 Å². The summed E-state index contributed by atoms with van der Waals surface area (Å²) in [6.07, 6.45) is 1.09. The van der Waals surface area contributed by atoms with E-state index in [9.17, 15) is 5.11 Å². The fraction of sp³-hybridized carbons (Fsp3) is 0.294. The van der Waals surface area contributed by atoms with Gasteiger partial charge in [-0.25, -0.2) is 0 Å². The Labute approximate surface area is 128 Å². The molecule has 0 unspecified atom stereocenters. The number of rotatable bonds is 2. The molecule has 0 saturated carbocycles. The Kier molecular flexibility index (Phi) is 3.81. The number of aryl methyl sites for hydroxylation is 1. The van der Waals surface area contributed by atoms with E-state index in [2.05, 4.69) is 45.1 Å². The van der Waals surface area contributed by atoms with Crippen molar-refractivity contribution in [2.24, 2.45) is 0 Å². The molecule has 0 radical (unpaired) electrons. The summed E-state index contributed by atoms with van der Waals surface area (Å²) in [4.78, 5) is 2.39. The van der Waals surface area contributed by atoms with Gasteiger partial charge in [0.05, 0.1) is 0 Å². The Hall–Kier alpha value is -1.32. The lowest BCUT2D eigenvalue weighted by atomic mass is 9.99. The van der Waals surface area contributed by atoms with Crippen LogP contribution in [-0.4, -0.2) is 16.6 Å². The van der Waals surface area contributed by atoms with Crippen LogP contribution in [0.25, 0.3) is 0 Å².